The van der Waals surface area contributed by atoms with Gasteiger partial charge in [0.05, 0.1) is 5.75 Å². The zero-order valence-corrected chi connectivity index (χ0v) is 12.6. The largest absolute Gasteiger partial charge is 0.481 e. The molecule has 110 valence electrons. The van der Waals surface area contributed by atoms with E-state index in [0.29, 0.717) is 11.2 Å². The Labute approximate surface area is 127 Å². The molecule has 5 nitrogen and oxygen atoms in total. The van der Waals surface area contributed by atoms with Crippen LogP contribution in [0.1, 0.15) is 31.4 Å². The third-order valence-corrected chi connectivity index (χ3v) is 4.47. The summed E-state index contributed by atoms with van der Waals surface area (Å²) in [6.07, 6.45) is 3.16. The van der Waals surface area contributed by atoms with Gasteiger partial charge in [0.25, 0.3) is 0 Å². The predicted molar refractivity (Wildman–Crippen MR) is 81.5 cm³/mol. The van der Waals surface area contributed by atoms with E-state index in [0.717, 1.165) is 30.7 Å². The van der Waals surface area contributed by atoms with Crippen molar-refractivity contribution in [1.29, 1.82) is 0 Å². The second-order valence-corrected chi connectivity index (χ2v) is 6.04. The van der Waals surface area contributed by atoms with E-state index >= 15 is 0 Å². The van der Waals surface area contributed by atoms with E-state index in [1.54, 1.807) is 0 Å². The number of carboxylic acids is 1. The fraction of sp³-hybridized carbons (Fsp3) is 0.400. The summed E-state index contributed by atoms with van der Waals surface area (Å²) in [5.74, 6) is 0.0454. The lowest BCUT2D eigenvalue weighted by Crippen LogP contribution is -2.04. The first-order valence-corrected chi connectivity index (χ1v) is 8.07. The van der Waals surface area contributed by atoms with Crippen LogP contribution in [0.5, 0.6) is 0 Å². The molecule has 0 saturated heterocycles. The Morgan fingerprint density at radius 3 is 2.81 bits per heavy atom. The molecule has 1 aliphatic rings. The average Bonchev–Trinajstić information content (AvgIpc) is 3.24. The third kappa shape index (κ3) is 2.95. The van der Waals surface area contributed by atoms with E-state index < -0.39 is 5.97 Å². The van der Waals surface area contributed by atoms with Crippen molar-refractivity contribution in [2.75, 3.05) is 5.75 Å². The van der Waals surface area contributed by atoms with Gasteiger partial charge in [-0.3, -0.25) is 9.36 Å². The highest BCUT2D eigenvalue weighted by Crippen LogP contribution is 2.41. The van der Waals surface area contributed by atoms with Gasteiger partial charge >= 0.3 is 5.97 Å². The molecule has 1 fully saturated rings. The topological polar surface area (TPSA) is 68.0 Å². The molecule has 1 aliphatic carbocycles. The Morgan fingerprint density at radius 2 is 2.14 bits per heavy atom. The molecule has 3 rings (SSSR count). The number of nitrogens with zero attached hydrogens (tertiary/aromatic N) is 3. The minimum atomic E-state index is -0.833. The van der Waals surface area contributed by atoms with E-state index in [9.17, 15) is 4.79 Å². The summed E-state index contributed by atoms with van der Waals surface area (Å²) in [7, 11) is 0. The fourth-order valence-corrected chi connectivity index (χ4v) is 3.12. The quantitative estimate of drug-likeness (QED) is 0.831. The van der Waals surface area contributed by atoms with Gasteiger partial charge in [0.1, 0.15) is 0 Å². The van der Waals surface area contributed by atoms with Crippen molar-refractivity contribution < 1.29 is 9.90 Å². The van der Waals surface area contributed by atoms with Crippen molar-refractivity contribution in [2.45, 2.75) is 37.4 Å². The van der Waals surface area contributed by atoms with Crippen LogP contribution < -0.4 is 0 Å². The molecule has 0 bridgehead atoms. The maximum Gasteiger partial charge on any atom is 0.313 e. The lowest BCUT2D eigenvalue weighted by molar-refractivity contribution is -0.133. The number of rotatable bonds is 6. The second-order valence-electron chi connectivity index (χ2n) is 5.10. The van der Waals surface area contributed by atoms with Gasteiger partial charge in [-0.1, -0.05) is 43.0 Å². The van der Waals surface area contributed by atoms with Crippen LogP contribution in [0.4, 0.5) is 0 Å². The van der Waals surface area contributed by atoms with Crippen LogP contribution in [0, 0.1) is 0 Å². The fourth-order valence-electron chi connectivity index (χ4n) is 2.39. The first kappa shape index (κ1) is 14.1. The van der Waals surface area contributed by atoms with Crippen molar-refractivity contribution in [2.24, 2.45) is 0 Å². The van der Waals surface area contributed by atoms with Crippen molar-refractivity contribution >= 4 is 17.7 Å². The summed E-state index contributed by atoms with van der Waals surface area (Å²) in [6.45, 7) is 2.12. The van der Waals surface area contributed by atoms with E-state index in [1.165, 1.54) is 17.3 Å². The molecule has 1 aromatic carbocycles. The lowest BCUT2D eigenvalue weighted by Gasteiger charge is -2.10. The number of carboxylic acid groups (broad SMARTS) is 1. The van der Waals surface area contributed by atoms with Crippen LogP contribution in [0.25, 0.3) is 11.4 Å². The summed E-state index contributed by atoms with van der Waals surface area (Å²) >= 11 is 1.24. The first-order chi connectivity index (χ1) is 10.2. The van der Waals surface area contributed by atoms with Crippen LogP contribution in [0.15, 0.2) is 29.4 Å². The van der Waals surface area contributed by atoms with E-state index in [1.807, 2.05) is 12.1 Å². The zero-order chi connectivity index (χ0) is 14.8. The maximum atomic E-state index is 10.8. The van der Waals surface area contributed by atoms with Crippen molar-refractivity contribution in [3.05, 3.63) is 29.8 Å². The van der Waals surface area contributed by atoms with Crippen LogP contribution in [-0.2, 0) is 11.2 Å². The Hall–Kier alpha value is -1.82. The highest BCUT2D eigenvalue weighted by atomic mass is 32.2. The minimum Gasteiger partial charge on any atom is -0.481 e. The molecule has 1 saturated carbocycles. The maximum absolute atomic E-state index is 10.8. The highest BCUT2D eigenvalue weighted by Gasteiger charge is 2.30. The van der Waals surface area contributed by atoms with Crippen LogP contribution in [-0.4, -0.2) is 31.6 Å². The summed E-state index contributed by atoms with van der Waals surface area (Å²) in [5, 5.41) is 18.1. The standard InChI is InChI=1S/C15H17N3O2S/c1-2-10-5-3-4-6-12(10)14-16-17-15(21-9-13(19)20)18(14)11-7-8-11/h3-6,11H,2,7-9H2,1H3,(H,19,20). The molecule has 0 aliphatic heterocycles. The molecule has 1 heterocycles. The Balaban J connectivity index is 2.00. The average molecular weight is 303 g/mol. The van der Waals surface area contributed by atoms with Crippen molar-refractivity contribution in [1.82, 2.24) is 14.8 Å². The second kappa shape index (κ2) is 5.89. The summed E-state index contributed by atoms with van der Waals surface area (Å²) in [4.78, 5) is 10.8. The molecule has 0 radical (unpaired) electrons. The van der Waals surface area contributed by atoms with Gasteiger partial charge in [-0.2, -0.15) is 0 Å². The molecule has 0 unspecified atom stereocenters. The van der Waals surface area contributed by atoms with Crippen LogP contribution in [0.2, 0.25) is 0 Å². The summed E-state index contributed by atoms with van der Waals surface area (Å²) in [6, 6.07) is 8.61. The number of hydrogen-bond acceptors (Lipinski definition) is 4. The molecule has 6 heteroatoms. The van der Waals surface area contributed by atoms with Crippen molar-refractivity contribution in [3.63, 3.8) is 0 Å². The molecule has 1 aromatic heterocycles. The number of benzene rings is 1. The summed E-state index contributed by atoms with van der Waals surface area (Å²) < 4.78 is 2.11. The smallest absolute Gasteiger partial charge is 0.313 e. The van der Waals surface area contributed by atoms with Crippen LogP contribution in [0.3, 0.4) is 0 Å². The monoisotopic (exact) mass is 303 g/mol. The predicted octanol–water partition coefficient (Wildman–Crippen LogP) is 3.02. The number of aliphatic carboxylic acids is 1. The number of thioether (sulfide) groups is 1. The van der Waals surface area contributed by atoms with E-state index in [-0.39, 0.29) is 5.75 Å². The number of aromatic nitrogens is 3. The van der Waals surface area contributed by atoms with Crippen LogP contribution >= 0.6 is 11.8 Å². The highest BCUT2D eigenvalue weighted by molar-refractivity contribution is 7.99. The molecule has 0 spiro atoms. The Morgan fingerprint density at radius 1 is 1.38 bits per heavy atom. The molecular formula is C15H17N3O2S. The molecule has 0 amide bonds. The molecule has 1 N–H and O–H groups in total. The zero-order valence-electron chi connectivity index (χ0n) is 11.8. The third-order valence-electron chi connectivity index (χ3n) is 3.54. The molecule has 0 atom stereocenters. The van der Waals surface area contributed by atoms with Crippen molar-refractivity contribution in [3.8, 4) is 11.4 Å². The van der Waals surface area contributed by atoms with Gasteiger partial charge in [0.2, 0.25) is 0 Å². The van der Waals surface area contributed by atoms with Gasteiger partial charge < -0.3 is 5.11 Å². The summed E-state index contributed by atoms with van der Waals surface area (Å²) in [5.41, 5.74) is 2.34. The molecular weight excluding hydrogens is 286 g/mol. The van der Waals surface area contributed by atoms with Gasteiger partial charge in [-0.05, 0) is 24.8 Å². The first-order valence-electron chi connectivity index (χ1n) is 7.08. The van der Waals surface area contributed by atoms with Gasteiger partial charge in [-0.15, -0.1) is 10.2 Å². The lowest BCUT2D eigenvalue weighted by atomic mass is 10.0. The SMILES string of the molecule is CCc1ccccc1-c1nnc(SCC(=O)O)n1C1CC1. The van der Waals surface area contributed by atoms with E-state index in [4.69, 9.17) is 5.11 Å². The van der Waals surface area contributed by atoms with Gasteiger partial charge in [-0.25, -0.2) is 0 Å². The molecule has 2 aromatic rings. The normalized spacial score (nSPS) is 14.3. The number of aryl methyl sites for hydroxylation is 1. The number of hydrogen-bond donors (Lipinski definition) is 1. The minimum absolute atomic E-state index is 0.0142. The van der Waals surface area contributed by atoms with Gasteiger partial charge in [0, 0.05) is 11.6 Å². The number of carbonyl (C=O) groups is 1. The molecule has 21 heavy (non-hydrogen) atoms. The Bertz CT molecular complexity index is 665. The van der Waals surface area contributed by atoms with E-state index in [2.05, 4.69) is 33.8 Å². The Kier molecular flexibility index (Phi) is 3.96. The van der Waals surface area contributed by atoms with Gasteiger partial charge in [0.15, 0.2) is 11.0 Å².